The molecule has 0 saturated carbocycles. The van der Waals surface area contributed by atoms with Gasteiger partial charge >= 0.3 is 11.9 Å². The summed E-state index contributed by atoms with van der Waals surface area (Å²) in [5.41, 5.74) is -3.66. The van der Waals surface area contributed by atoms with Gasteiger partial charge < -0.3 is 40.1 Å². The minimum absolute atomic E-state index is 0.0194. The van der Waals surface area contributed by atoms with Crippen molar-refractivity contribution in [3.05, 3.63) is 89.6 Å². The van der Waals surface area contributed by atoms with Gasteiger partial charge in [0.05, 0.1) is 45.5 Å². The minimum Gasteiger partial charge on any atom is -0.505 e. The highest BCUT2D eigenvalue weighted by Crippen LogP contribution is 2.46. The average molecular weight is 1000 g/mol. The van der Waals surface area contributed by atoms with Crippen LogP contribution in [-0.2, 0) is 30.4 Å². The predicted octanol–water partition coefficient (Wildman–Crippen LogP) is 5.87. The van der Waals surface area contributed by atoms with Crippen molar-refractivity contribution in [2.24, 2.45) is 30.7 Å². The number of aryl methyl sites for hydroxylation is 1. The van der Waals surface area contributed by atoms with Crippen molar-refractivity contribution in [1.82, 2.24) is 9.78 Å². The van der Waals surface area contributed by atoms with Gasteiger partial charge in [-0.25, -0.2) is 9.59 Å². The Morgan fingerprint density at radius 1 is 0.603 bits per heavy atom. The standard InChI is InChI=1S/C38H32N8O19S3/c1-18-33(43-40-27-7-4-22(67(58,59)60)15-25(27)38(53)54)36(50)46(45-18)20-2-5-23-19(12-20)13-32(68(61,62)63)34(35(23)49)44-42-29-17-30(64-10-8-47)28(16-31(29)65-11-9-48)41-39-26-6-3-21(66(55,56)57)14-24(26)37(51)52/h2-7,12-17,47-50H,8-11H2,1H3,(H,51,52)(H,53,54)(H,55,56,57)(H,58,59,60)(H,61,62,63). The van der Waals surface area contributed by atoms with Gasteiger partial charge in [-0.05, 0) is 73.0 Å². The van der Waals surface area contributed by atoms with E-state index in [1.807, 2.05) is 0 Å². The number of hydrogen-bond acceptors (Lipinski definition) is 21. The Balaban J connectivity index is 1.40. The van der Waals surface area contributed by atoms with Crippen molar-refractivity contribution in [1.29, 1.82) is 0 Å². The number of hydrogen-bond donors (Lipinski definition) is 9. The number of fused-ring (bicyclic) bond motifs is 1. The second-order valence-corrected chi connectivity index (χ2v) is 17.8. The molecular formula is C38H32N8O19S3. The molecule has 356 valence electrons. The third kappa shape index (κ3) is 10.9. The third-order valence-electron chi connectivity index (χ3n) is 9.07. The molecule has 6 aromatic rings. The number of carbonyl (C=O) groups is 2. The molecule has 0 aliphatic heterocycles. The number of carboxylic acid groups (broad SMARTS) is 2. The maximum atomic E-state index is 12.8. The number of aromatic hydroxyl groups is 2. The van der Waals surface area contributed by atoms with E-state index in [1.165, 1.54) is 25.1 Å². The van der Waals surface area contributed by atoms with Gasteiger partial charge in [-0.15, -0.1) is 30.7 Å². The average Bonchev–Trinajstić information content (AvgIpc) is 3.56. The lowest BCUT2D eigenvalue weighted by atomic mass is 10.1. The molecule has 0 fully saturated rings. The van der Waals surface area contributed by atoms with Gasteiger partial charge in [0.1, 0.15) is 58.0 Å². The molecule has 0 aliphatic rings. The number of aromatic nitrogens is 2. The molecule has 68 heavy (non-hydrogen) atoms. The topological polar surface area (TPSA) is 429 Å². The fourth-order valence-electron chi connectivity index (χ4n) is 5.99. The zero-order valence-electron chi connectivity index (χ0n) is 34.2. The van der Waals surface area contributed by atoms with E-state index in [-0.39, 0.29) is 75.3 Å². The molecule has 0 spiro atoms. The smallest absolute Gasteiger partial charge is 0.338 e. The van der Waals surface area contributed by atoms with Crippen molar-refractivity contribution >= 4 is 87.2 Å². The quantitative estimate of drug-likeness (QED) is 0.0359. The summed E-state index contributed by atoms with van der Waals surface area (Å²) < 4.78 is 113. The van der Waals surface area contributed by atoms with Gasteiger partial charge in [0, 0.05) is 17.5 Å². The van der Waals surface area contributed by atoms with Crippen LogP contribution in [0.5, 0.6) is 23.1 Å². The van der Waals surface area contributed by atoms with Crippen LogP contribution in [0.4, 0.5) is 34.1 Å². The number of azo groups is 3. The van der Waals surface area contributed by atoms with Crippen LogP contribution in [0.25, 0.3) is 16.5 Å². The highest BCUT2D eigenvalue weighted by Gasteiger charge is 2.25. The molecule has 0 bridgehead atoms. The first-order valence-electron chi connectivity index (χ1n) is 18.6. The molecule has 0 aliphatic carbocycles. The van der Waals surface area contributed by atoms with E-state index in [0.717, 1.165) is 47.1 Å². The predicted molar refractivity (Wildman–Crippen MR) is 230 cm³/mol. The molecule has 9 N–H and O–H groups in total. The Labute approximate surface area is 381 Å². The molecule has 1 heterocycles. The lowest BCUT2D eigenvalue weighted by Crippen LogP contribution is -2.04. The normalized spacial score (nSPS) is 12.4. The maximum Gasteiger partial charge on any atom is 0.338 e. The second-order valence-electron chi connectivity index (χ2n) is 13.6. The van der Waals surface area contributed by atoms with E-state index >= 15 is 0 Å². The van der Waals surface area contributed by atoms with E-state index in [4.69, 9.17) is 9.47 Å². The van der Waals surface area contributed by atoms with Crippen molar-refractivity contribution in [3.63, 3.8) is 0 Å². The van der Waals surface area contributed by atoms with Crippen LogP contribution in [0, 0.1) is 6.92 Å². The van der Waals surface area contributed by atoms with E-state index in [9.17, 15) is 79.1 Å². The van der Waals surface area contributed by atoms with Crippen LogP contribution in [0.15, 0.2) is 118 Å². The van der Waals surface area contributed by atoms with Crippen LogP contribution in [-0.4, -0.2) is 118 Å². The Hall–Kier alpha value is -7.84. The summed E-state index contributed by atoms with van der Waals surface area (Å²) in [6.45, 7) is -0.459. The maximum absolute atomic E-state index is 12.8. The van der Waals surface area contributed by atoms with E-state index in [0.29, 0.717) is 12.1 Å². The summed E-state index contributed by atoms with van der Waals surface area (Å²) in [6.07, 6.45) is 0. The molecule has 0 saturated heterocycles. The monoisotopic (exact) mass is 1000 g/mol. The van der Waals surface area contributed by atoms with Crippen molar-refractivity contribution in [2.45, 2.75) is 21.6 Å². The SMILES string of the molecule is Cc1nn(-c2ccc3c(O)c(N=Nc4cc(OCCO)c(N=Nc5ccc(S(=O)(=O)O)cc5C(=O)O)cc4OCCO)c(S(=O)(=O)O)cc3c2)c(O)c1N=Nc1ccc(S(=O)(=O)O)cc1C(=O)O. The number of rotatable bonds is 18. The van der Waals surface area contributed by atoms with Crippen LogP contribution in [0.1, 0.15) is 26.4 Å². The molecular weight excluding hydrogens is 969 g/mol. The zero-order chi connectivity index (χ0) is 49.9. The van der Waals surface area contributed by atoms with Gasteiger partial charge in [0.15, 0.2) is 11.4 Å². The first-order chi connectivity index (χ1) is 31.9. The van der Waals surface area contributed by atoms with Crippen LogP contribution in [0.3, 0.4) is 0 Å². The van der Waals surface area contributed by atoms with Gasteiger partial charge in [-0.2, -0.15) is 35.0 Å². The molecule has 30 heteroatoms. The van der Waals surface area contributed by atoms with E-state index in [1.54, 1.807) is 0 Å². The van der Waals surface area contributed by atoms with Gasteiger partial charge in [-0.3, -0.25) is 13.7 Å². The Bertz CT molecular complexity index is 3470. The Morgan fingerprint density at radius 3 is 1.54 bits per heavy atom. The van der Waals surface area contributed by atoms with Crippen LogP contribution < -0.4 is 9.47 Å². The number of ether oxygens (including phenoxy) is 2. The van der Waals surface area contributed by atoms with Crippen LogP contribution in [0.2, 0.25) is 0 Å². The highest BCUT2D eigenvalue weighted by atomic mass is 32.2. The summed E-state index contributed by atoms with van der Waals surface area (Å²) in [7, 11) is -14.8. The summed E-state index contributed by atoms with van der Waals surface area (Å²) in [5, 5.41) is 88.1. The molecule has 5 aromatic carbocycles. The summed E-state index contributed by atoms with van der Waals surface area (Å²) in [5.74, 6) is -5.25. The van der Waals surface area contributed by atoms with Gasteiger partial charge in [0.2, 0.25) is 5.88 Å². The number of phenols is 1. The number of carboxylic acids is 2. The number of aliphatic hydroxyl groups excluding tert-OH is 2. The number of aromatic carboxylic acids is 2. The molecule has 0 unspecified atom stereocenters. The number of nitrogens with zero attached hydrogens (tertiary/aromatic N) is 8. The van der Waals surface area contributed by atoms with E-state index in [2.05, 4.69) is 35.8 Å². The molecule has 0 amide bonds. The van der Waals surface area contributed by atoms with Crippen LogP contribution >= 0.6 is 0 Å². The van der Waals surface area contributed by atoms with E-state index < -0.39 is 98.6 Å². The first-order valence-corrected chi connectivity index (χ1v) is 22.9. The first kappa shape index (κ1) is 49.6. The Morgan fingerprint density at radius 2 is 1.07 bits per heavy atom. The van der Waals surface area contributed by atoms with Crippen molar-refractivity contribution in [2.75, 3.05) is 26.4 Å². The van der Waals surface area contributed by atoms with Crippen molar-refractivity contribution in [3.8, 4) is 28.8 Å². The Kier molecular flexibility index (Phi) is 14.3. The summed E-state index contributed by atoms with van der Waals surface area (Å²) in [6, 6.07) is 11.8. The summed E-state index contributed by atoms with van der Waals surface area (Å²) in [4.78, 5) is 21.2. The van der Waals surface area contributed by atoms with Crippen molar-refractivity contribution < 1.29 is 88.6 Å². The number of phenolic OH excluding ortho intramolecular Hbond substituents is 1. The lowest BCUT2D eigenvalue weighted by molar-refractivity contribution is 0.0686. The third-order valence-corrected chi connectivity index (χ3v) is 11.6. The largest absolute Gasteiger partial charge is 0.505 e. The molecule has 0 radical (unpaired) electrons. The highest BCUT2D eigenvalue weighted by molar-refractivity contribution is 7.86. The minimum atomic E-state index is -5.24. The van der Waals surface area contributed by atoms with Gasteiger partial charge in [-0.1, -0.05) is 0 Å². The number of aliphatic hydroxyl groups is 2. The molecule has 6 rings (SSSR count). The summed E-state index contributed by atoms with van der Waals surface area (Å²) >= 11 is 0. The second kappa shape index (κ2) is 19.6. The number of benzene rings is 5. The molecule has 27 nitrogen and oxygen atoms in total. The fraction of sp³-hybridized carbons (Fsp3) is 0.132. The van der Waals surface area contributed by atoms with Gasteiger partial charge in [0.25, 0.3) is 30.4 Å². The lowest BCUT2D eigenvalue weighted by Gasteiger charge is -2.13. The molecule has 0 atom stereocenters. The zero-order valence-corrected chi connectivity index (χ0v) is 36.6. The molecule has 1 aromatic heterocycles. The fourth-order valence-corrected chi connectivity index (χ4v) is 7.66.